The van der Waals surface area contributed by atoms with Gasteiger partial charge in [-0.25, -0.2) is 0 Å². The van der Waals surface area contributed by atoms with Gasteiger partial charge in [-0.2, -0.15) is 8.42 Å². The van der Waals surface area contributed by atoms with E-state index in [4.69, 9.17) is 23.4 Å². The second-order valence-corrected chi connectivity index (χ2v) is 10.3. The Morgan fingerprint density at radius 3 is 2.42 bits per heavy atom. The maximum absolute atomic E-state index is 13.1. The fraction of sp³-hybridized carbons (Fsp3) is 0.375. The molecule has 0 unspecified atom stereocenters. The van der Waals surface area contributed by atoms with E-state index in [2.05, 4.69) is 4.40 Å². The quantitative estimate of drug-likeness (QED) is 0.574. The highest BCUT2D eigenvalue weighted by Crippen LogP contribution is 2.45. The SMILES string of the molecule is CO[C@H]1O[C@H](c2cc3ccccc3o/c2=N/S(=O)(=O)c2ccc(C)cc2)[C@@H]2OC(C)(C)O[C@H]12. The Morgan fingerprint density at radius 1 is 1.00 bits per heavy atom. The van der Waals surface area contributed by atoms with Crippen LogP contribution < -0.4 is 5.55 Å². The maximum atomic E-state index is 13.1. The van der Waals surface area contributed by atoms with Crippen LogP contribution in [0.2, 0.25) is 0 Å². The normalized spacial score (nSPS) is 27.2. The zero-order valence-corrected chi connectivity index (χ0v) is 19.5. The number of hydrogen-bond acceptors (Lipinski definition) is 7. The molecule has 1 aromatic heterocycles. The molecule has 2 aliphatic heterocycles. The number of benzene rings is 2. The minimum absolute atomic E-state index is 0.0666. The molecule has 0 bridgehead atoms. The molecule has 3 heterocycles. The topological polar surface area (TPSA) is 96.6 Å². The first kappa shape index (κ1) is 22.2. The van der Waals surface area contributed by atoms with Crippen LogP contribution in [-0.2, 0) is 29.0 Å². The van der Waals surface area contributed by atoms with Gasteiger partial charge in [0.05, 0.1) is 4.90 Å². The predicted octanol–water partition coefficient (Wildman–Crippen LogP) is 3.59. The summed E-state index contributed by atoms with van der Waals surface area (Å²) in [6, 6.07) is 15.6. The smallest absolute Gasteiger partial charge is 0.285 e. The van der Waals surface area contributed by atoms with E-state index in [0.717, 1.165) is 10.9 Å². The molecule has 0 amide bonds. The summed E-state index contributed by atoms with van der Waals surface area (Å²) in [6.07, 6.45) is -2.41. The van der Waals surface area contributed by atoms with Crippen LogP contribution in [0.4, 0.5) is 0 Å². The summed E-state index contributed by atoms with van der Waals surface area (Å²) in [4.78, 5) is 0.0731. The molecule has 0 aliphatic carbocycles. The average molecular weight is 472 g/mol. The second-order valence-electron chi connectivity index (χ2n) is 8.65. The van der Waals surface area contributed by atoms with E-state index >= 15 is 0 Å². The van der Waals surface area contributed by atoms with Crippen molar-refractivity contribution >= 4 is 21.0 Å². The molecule has 5 rings (SSSR count). The molecule has 174 valence electrons. The van der Waals surface area contributed by atoms with Crippen molar-refractivity contribution in [2.75, 3.05) is 7.11 Å². The summed E-state index contributed by atoms with van der Waals surface area (Å²) in [6.45, 7) is 5.51. The summed E-state index contributed by atoms with van der Waals surface area (Å²) in [7, 11) is -2.52. The molecule has 2 aromatic carbocycles. The third-order valence-corrected chi connectivity index (χ3v) is 7.03. The van der Waals surface area contributed by atoms with Gasteiger partial charge in [0.1, 0.15) is 23.9 Å². The van der Waals surface area contributed by atoms with Gasteiger partial charge in [0.2, 0.25) is 5.55 Å². The van der Waals surface area contributed by atoms with Crippen molar-refractivity contribution in [3.63, 3.8) is 0 Å². The van der Waals surface area contributed by atoms with Crippen LogP contribution in [-0.4, -0.2) is 39.8 Å². The number of rotatable bonds is 4. The van der Waals surface area contributed by atoms with E-state index in [1.807, 2.05) is 45.0 Å². The first-order chi connectivity index (χ1) is 15.7. The molecule has 8 nitrogen and oxygen atoms in total. The Morgan fingerprint density at radius 2 is 1.70 bits per heavy atom. The van der Waals surface area contributed by atoms with Crippen LogP contribution in [0.25, 0.3) is 11.0 Å². The monoisotopic (exact) mass is 471 g/mol. The zero-order chi connectivity index (χ0) is 23.4. The van der Waals surface area contributed by atoms with E-state index < -0.39 is 40.4 Å². The van der Waals surface area contributed by atoms with Gasteiger partial charge in [0, 0.05) is 18.1 Å². The van der Waals surface area contributed by atoms with E-state index in [-0.39, 0.29) is 10.4 Å². The van der Waals surface area contributed by atoms with Gasteiger partial charge in [-0.15, -0.1) is 4.40 Å². The summed E-state index contributed by atoms with van der Waals surface area (Å²) in [5, 5.41) is 0.776. The number of nitrogens with zero attached hydrogens (tertiary/aromatic N) is 1. The Hall–Kier alpha value is -2.56. The van der Waals surface area contributed by atoms with Gasteiger partial charge in [0.15, 0.2) is 12.1 Å². The molecule has 3 aromatic rings. The number of ether oxygens (including phenoxy) is 4. The molecule has 2 saturated heterocycles. The number of hydrogen-bond donors (Lipinski definition) is 0. The standard InChI is InChI=1S/C24H25NO7S/c1-14-9-11-16(12-10-14)33(26,27)25-22-17(13-15-7-5-6-8-18(15)29-22)19-20-21(23(28-4)30-19)32-24(2,3)31-20/h5-13,19-21,23H,1-4H3/b25-22+/t19-,20+,21+,23+/m1/s1. The number of methoxy groups -OCH3 is 1. The van der Waals surface area contributed by atoms with E-state index in [1.165, 1.54) is 19.2 Å². The number of fused-ring (bicyclic) bond motifs is 2. The molecule has 0 spiro atoms. The highest BCUT2D eigenvalue weighted by Gasteiger charge is 2.56. The lowest BCUT2D eigenvalue weighted by atomic mass is 10.0. The van der Waals surface area contributed by atoms with Gasteiger partial charge in [-0.3, -0.25) is 0 Å². The molecular formula is C24H25NO7S. The molecule has 0 saturated carbocycles. The fourth-order valence-corrected chi connectivity index (χ4v) is 5.18. The van der Waals surface area contributed by atoms with Crippen molar-refractivity contribution in [3.05, 3.63) is 71.3 Å². The van der Waals surface area contributed by atoms with Gasteiger partial charge in [-0.1, -0.05) is 35.9 Å². The lowest BCUT2D eigenvalue weighted by molar-refractivity contribution is -0.228. The predicted molar refractivity (Wildman–Crippen MR) is 119 cm³/mol. The van der Waals surface area contributed by atoms with E-state index in [9.17, 15) is 8.42 Å². The lowest BCUT2D eigenvalue weighted by Gasteiger charge is -2.23. The van der Waals surface area contributed by atoms with Crippen molar-refractivity contribution in [1.29, 1.82) is 0 Å². The molecule has 2 aliphatic rings. The Balaban J connectivity index is 1.68. The summed E-state index contributed by atoms with van der Waals surface area (Å²) in [5.74, 6) is -0.840. The molecule has 33 heavy (non-hydrogen) atoms. The largest absolute Gasteiger partial charge is 0.437 e. The van der Waals surface area contributed by atoms with Crippen molar-refractivity contribution in [2.24, 2.45) is 4.40 Å². The summed E-state index contributed by atoms with van der Waals surface area (Å²) >= 11 is 0. The third-order valence-electron chi connectivity index (χ3n) is 5.76. The van der Waals surface area contributed by atoms with Gasteiger partial charge >= 0.3 is 0 Å². The summed E-state index contributed by atoms with van der Waals surface area (Å²) in [5.41, 5.74) is 1.83. The van der Waals surface area contributed by atoms with Crippen LogP contribution in [0.3, 0.4) is 0 Å². The highest BCUT2D eigenvalue weighted by atomic mass is 32.2. The van der Waals surface area contributed by atoms with Crippen LogP contribution in [0, 0.1) is 6.92 Å². The minimum atomic E-state index is -4.04. The Kier molecular flexibility index (Phi) is 5.42. The van der Waals surface area contributed by atoms with Gasteiger partial charge in [-0.05, 0) is 45.0 Å². The van der Waals surface area contributed by atoms with Crippen molar-refractivity contribution in [3.8, 4) is 0 Å². The minimum Gasteiger partial charge on any atom is -0.437 e. The first-order valence-electron chi connectivity index (χ1n) is 10.6. The molecule has 0 N–H and O–H groups in total. The van der Waals surface area contributed by atoms with Crippen molar-refractivity contribution in [2.45, 2.75) is 56.1 Å². The number of para-hydroxylation sites is 1. The van der Waals surface area contributed by atoms with Gasteiger partial charge < -0.3 is 23.4 Å². The Labute approximate surface area is 191 Å². The van der Waals surface area contributed by atoms with Gasteiger partial charge in [0.25, 0.3) is 10.0 Å². The van der Waals surface area contributed by atoms with E-state index in [1.54, 1.807) is 18.2 Å². The molecule has 0 radical (unpaired) electrons. The lowest BCUT2D eigenvalue weighted by Crippen LogP contribution is -2.30. The Bertz CT molecular complexity index is 1360. The van der Waals surface area contributed by atoms with Crippen LogP contribution >= 0.6 is 0 Å². The maximum Gasteiger partial charge on any atom is 0.285 e. The number of sulfonamides is 1. The van der Waals surface area contributed by atoms with Crippen LogP contribution in [0.15, 0.2) is 68.3 Å². The van der Waals surface area contributed by atoms with Crippen LogP contribution in [0.5, 0.6) is 0 Å². The first-order valence-corrected chi connectivity index (χ1v) is 12.1. The van der Waals surface area contributed by atoms with Crippen molar-refractivity contribution < 1.29 is 31.8 Å². The number of aryl methyl sites for hydroxylation is 1. The second kappa shape index (κ2) is 8.03. The van der Waals surface area contributed by atoms with Crippen LogP contribution in [0.1, 0.15) is 31.1 Å². The molecule has 9 heteroatoms. The third kappa shape index (κ3) is 4.11. The molecule has 4 atom stereocenters. The summed E-state index contributed by atoms with van der Waals surface area (Å²) < 4.78 is 60.0. The molecule has 2 fully saturated rings. The molecular weight excluding hydrogens is 446 g/mol. The average Bonchev–Trinajstić information content (AvgIpc) is 3.26. The van der Waals surface area contributed by atoms with E-state index in [0.29, 0.717) is 11.1 Å². The van der Waals surface area contributed by atoms with Crippen molar-refractivity contribution in [1.82, 2.24) is 0 Å². The highest BCUT2D eigenvalue weighted by molar-refractivity contribution is 7.90. The fourth-order valence-electron chi connectivity index (χ4n) is 4.23. The zero-order valence-electron chi connectivity index (χ0n) is 18.7.